The molecular weight excluding hydrogens is 531 g/mol. The van der Waals surface area contributed by atoms with E-state index in [4.69, 9.17) is 4.74 Å². The second-order valence-corrected chi connectivity index (χ2v) is 11.0. The molecule has 39 heavy (non-hydrogen) atoms. The lowest BCUT2D eigenvalue weighted by molar-refractivity contribution is 0.102. The smallest absolute Gasteiger partial charge is 0.325 e. The van der Waals surface area contributed by atoms with E-state index in [2.05, 4.69) is 15.3 Å². The molecule has 3 heterocycles. The molecule has 4 aromatic rings. The maximum Gasteiger partial charge on any atom is 0.325 e. The summed E-state index contributed by atoms with van der Waals surface area (Å²) in [6, 6.07) is 8.37. The Bertz CT molecular complexity index is 1580. The minimum absolute atomic E-state index is 0.0514. The molecule has 0 bridgehead atoms. The van der Waals surface area contributed by atoms with Crippen molar-refractivity contribution < 1.29 is 32.7 Å². The molecule has 1 fully saturated rings. The highest BCUT2D eigenvalue weighted by molar-refractivity contribution is 7.51. The fourth-order valence-electron chi connectivity index (χ4n) is 4.88. The van der Waals surface area contributed by atoms with Crippen molar-refractivity contribution in [3.05, 3.63) is 72.3 Å². The quantitative estimate of drug-likeness (QED) is 0.287. The van der Waals surface area contributed by atoms with Gasteiger partial charge in [0.05, 0.1) is 30.2 Å². The zero-order valence-corrected chi connectivity index (χ0v) is 21.8. The van der Waals surface area contributed by atoms with E-state index in [0.717, 1.165) is 0 Å². The molecule has 0 atom stereocenters. The number of methoxy groups -OCH3 is 1. The van der Waals surface area contributed by atoms with E-state index < -0.39 is 25.1 Å². The SMILES string of the molecule is COc1cccc(F)c1-c1nc(C(=O)Nc2cc(F)ccc2N2CCC(CP(=O)(O)O)CC2)cn2ccnc12. The zero-order valence-electron chi connectivity index (χ0n) is 20.9. The van der Waals surface area contributed by atoms with Gasteiger partial charge < -0.3 is 29.1 Å². The van der Waals surface area contributed by atoms with Gasteiger partial charge in [0.25, 0.3) is 5.91 Å². The second-order valence-electron chi connectivity index (χ2n) is 9.34. The van der Waals surface area contributed by atoms with Crippen molar-refractivity contribution in [2.45, 2.75) is 12.8 Å². The molecular formula is C26H26F2N5O5P. The van der Waals surface area contributed by atoms with Crippen molar-refractivity contribution in [3.63, 3.8) is 0 Å². The third-order valence-corrected chi connectivity index (χ3v) is 7.69. The summed E-state index contributed by atoms with van der Waals surface area (Å²) in [5, 5.41) is 2.73. The first kappa shape index (κ1) is 26.7. The lowest BCUT2D eigenvalue weighted by atomic mass is 9.98. The third-order valence-electron chi connectivity index (χ3n) is 6.70. The second kappa shape index (κ2) is 10.7. The number of hydrogen-bond acceptors (Lipinski definition) is 6. The molecule has 0 unspecified atom stereocenters. The fraction of sp³-hybridized carbons (Fsp3) is 0.269. The molecule has 0 aliphatic carbocycles. The van der Waals surface area contributed by atoms with E-state index in [-0.39, 0.29) is 40.5 Å². The largest absolute Gasteiger partial charge is 0.496 e. The van der Waals surface area contributed by atoms with Crippen molar-refractivity contribution in [1.82, 2.24) is 14.4 Å². The maximum atomic E-state index is 14.9. The molecule has 1 aliphatic rings. The summed E-state index contributed by atoms with van der Waals surface area (Å²) in [6.45, 7) is 0.964. The highest BCUT2D eigenvalue weighted by Gasteiger charge is 2.28. The van der Waals surface area contributed by atoms with Crippen molar-refractivity contribution in [2.75, 3.05) is 36.6 Å². The van der Waals surface area contributed by atoms with Crippen LogP contribution in [0.1, 0.15) is 23.3 Å². The van der Waals surface area contributed by atoms with Crippen molar-refractivity contribution >= 4 is 30.5 Å². The number of ether oxygens (including phenoxy) is 1. The third kappa shape index (κ3) is 5.78. The van der Waals surface area contributed by atoms with Crippen LogP contribution < -0.4 is 15.0 Å². The number of rotatable bonds is 7. The van der Waals surface area contributed by atoms with Gasteiger partial charge in [0.2, 0.25) is 0 Å². The number of halogens is 2. The van der Waals surface area contributed by atoms with E-state index in [1.807, 2.05) is 4.90 Å². The number of carbonyl (C=O) groups excluding carboxylic acids is 1. The average Bonchev–Trinajstić information content (AvgIpc) is 3.37. The molecule has 0 radical (unpaired) electrons. The molecule has 5 rings (SSSR count). The number of nitrogens with zero attached hydrogens (tertiary/aromatic N) is 4. The van der Waals surface area contributed by atoms with E-state index in [1.165, 1.54) is 43.8 Å². The Labute approximate surface area is 222 Å². The highest BCUT2D eigenvalue weighted by Crippen LogP contribution is 2.41. The van der Waals surface area contributed by atoms with Crippen LogP contribution in [0.5, 0.6) is 5.75 Å². The zero-order chi connectivity index (χ0) is 27.7. The van der Waals surface area contributed by atoms with Gasteiger partial charge in [-0.05, 0) is 49.1 Å². The summed E-state index contributed by atoms with van der Waals surface area (Å²) < 4.78 is 47.4. The fourth-order valence-corrected chi connectivity index (χ4v) is 5.91. The first-order valence-corrected chi connectivity index (χ1v) is 14.0. The van der Waals surface area contributed by atoms with Gasteiger partial charge in [-0.1, -0.05) is 6.07 Å². The Hall–Kier alpha value is -3.86. The van der Waals surface area contributed by atoms with Crippen LogP contribution in [0.15, 0.2) is 55.0 Å². The van der Waals surface area contributed by atoms with E-state index in [9.17, 15) is 27.9 Å². The molecule has 204 valence electrons. The number of imidazole rings is 1. The number of hydrogen-bond donors (Lipinski definition) is 3. The predicted molar refractivity (Wildman–Crippen MR) is 141 cm³/mol. The average molecular weight is 557 g/mol. The Balaban J connectivity index is 1.45. The molecule has 1 aliphatic heterocycles. The Morgan fingerprint density at radius 1 is 1.21 bits per heavy atom. The summed E-state index contributed by atoms with van der Waals surface area (Å²) in [4.78, 5) is 42.6. The normalized spacial score (nSPS) is 14.5. The van der Waals surface area contributed by atoms with E-state index in [1.54, 1.807) is 22.7 Å². The Kier molecular flexibility index (Phi) is 7.35. The Morgan fingerprint density at radius 3 is 2.69 bits per heavy atom. The van der Waals surface area contributed by atoms with Crippen molar-refractivity contribution in [1.29, 1.82) is 0 Å². The molecule has 13 heteroatoms. The summed E-state index contributed by atoms with van der Waals surface area (Å²) in [7, 11) is -2.71. The summed E-state index contributed by atoms with van der Waals surface area (Å²) in [5.74, 6) is -1.70. The number of fused-ring (bicyclic) bond motifs is 1. The lowest BCUT2D eigenvalue weighted by Crippen LogP contribution is -2.35. The number of carbonyl (C=O) groups is 1. The van der Waals surface area contributed by atoms with E-state index >= 15 is 0 Å². The predicted octanol–water partition coefficient (Wildman–Crippen LogP) is 4.33. The minimum Gasteiger partial charge on any atom is -0.496 e. The first-order chi connectivity index (χ1) is 18.6. The van der Waals surface area contributed by atoms with Crippen molar-refractivity contribution in [3.8, 4) is 17.0 Å². The minimum atomic E-state index is -4.11. The van der Waals surface area contributed by atoms with Crippen molar-refractivity contribution in [2.24, 2.45) is 5.92 Å². The summed E-state index contributed by atoms with van der Waals surface area (Å²) in [6.07, 6.45) is 5.45. The molecule has 1 saturated heterocycles. The van der Waals surface area contributed by atoms with Gasteiger partial charge in [-0.2, -0.15) is 0 Å². The summed E-state index contributed by atoms with van der Waals surface area (Å²) in [5.41, 5.74) is 1.20. The van der Waals surface area contributed by atoms with Crippen LogP contribution in [-0.4, -0.2) is 56.4 Å². The van der Waals surface area contributed by atoms with E-state index in [0.29, 0.717) is 37.3 Å². The van der Waals surface area contributed by atoms with Gasteiger partial charge in [-0.25, -0.2) is 18.7 Å². The van der Waals surface area contributed by atoms with Gasteiger partial charge in [-0.15, -0.1) is 0 Å². The number of amides is 1. The molecule has 3 N–H and O–H groups in total. The summed E-state index contributed by atoms with van der Waals surface area (Å²) >= 11 is 0. The monoisotopic (exact) mass is 557 g/mol. The maximum absolute atomic E-state index is 14.9. The first-order valence-electron chi connectivity index (χ1n) is 12.2. The van der Waals surface area contributed by atoms with Crippen LogP contribution in [0.2, 0.25) is 0 Å². The number of piperidine rings is 1. The molecule has 0 saturated carbocycles. The number of aromatic nitrogens is 3. The molecule has 1 amide bonds. The standard InChI is InChI=1S/C26H26F2N5O5P/c1-38-22-4-2-3-18(28)23(22)24-25-29-9-12-33(25)14-20(30-24)26(34)31-19-13-17(27)5-6-21(19)32-10-7-16(8-11-32)15-39(35,36)37/h2-6,9,12-14,16H,7-8,10-11,15H2,1H3,(H,31,34)(H2,35,36,37). The molecule has 0 spiro atoms. The van der Waals surface area contributed by atoms with Crippen LogP contribution in [0.25, 0.3) is 16.9 Å². The van der Waals surface area contributed by atoms with Crippen LogP contribution >= 0.6 is 7.60 Å². The van der Waals surface area contributed by atoms with Crippen LogP contribution in [0.3, 0.4) is 0 Å². The van der Waals surface area contributed by atoms with Gasteiger partial charge in [0, 0.05) is 31.7 Å². The van der Waals surface area contributed by atoms with Crippen LogP contribution in [0, 0.1) is 17.6 Å². The Morgan fingerprint density at radius 2 is 1.97 bits per heavy atom. The topological polar surface area (TPSA) is 129 Å². The molecule has 2 aromatic heterocycles. The van der Waals surface area contributed by atoms with Crippen LogP contribution in [0.4, 0.5) is 20.2 Å². The lowest BCUT2D eigenvalue weighted by Gasteiger charge is -2.34. The van der Waals surface area contributed by atoms with Gasteiger partial charge in [0.15, 0.2) is 5.65 Å². The van der Waals surface area contributed by atoms with Gasteiger partial charge in [-0.3, -0.25) is 9.36 Å². The highest BCUT2D eigenvalue weighted by atomic mass is 31.2. The molecule has 2 aromatic carbocycles. The number of nitrogens with one attached hydrogen (secondary N) is 1. The van der Waals surface area contributed by atoms with Crippen LogP contribution in [-0.2, 0) is 4.57 Å². The number of benzene rings is 2. The molecule has 10 nitrogen and oxygen atoms in total. The number of anilines is 2. The van der Waals surface area contributed by atoms with Gasteiger partial charge >= 0.3 is 7.60 Å². The van der Waals surface area contributed by atoms with Gasteiger partial charge in [0.1, 0.15) is 28.8 Å².